The van der Waals surface area contributed by atoms with Gasteiger partial charge in [-0.05, 0) is 44.9 Å². The molecular formula is C15H22N4O. The van der Waals surface area contributed by atoms with Gasteiger partial charge in [0.05, 0.1) is 0 Å². The number of aromatic nitrogens is 3. The van der Waals surface area contributed by atoms with Crippen LogP contribution in [0.15, 0.2) is 24.5 Å². The van der Waals surface area contributed by atoms with Crippen molar-refractivity contribution in [1.82, 2.24) is 14.8 Å². The molecule has 108 valence electrons. The summed E-state index contributed by atoms with van der Waals surface area (Å²) >= 11 is 0. The van der Waals surface area contributed by atoms with E-state index in [9.17, 15) is 0 Å². The van der Waals surface area contributed by atoms with Crippen LogP contribution in [0.3, 0.4) is 0 Å². The van der Waals surface area contributed by atoms with Crippen LogP contribution in [0.1, 0.15) is 36.8 Å². The Balaban J connectivity index is 2.16. The maximum atomic E-state index is 5.98. The van der Waals surface area contributed by atoms with E-state index in [1.54, 1.807) is 6.33 Å². The lowest BCUT2D eigenvalue weighted by Crippen LogP contribution is -2.12. The van der Waals surface area contributed by atoms with Crippen molar-refractivity contribution < 1.29 is 4.74 Å². The van der Waals surface area contributed by atoms with E-state index in [1.165, 1.54) is 0 Å². The monoisotopic (exact) mass is 274 g/mol. The largest absolute Gasteiger partial charge is 0.485 e. The normalized spacial score (nSPS) is 11.1. The standard InChI is InChI=1S/C15H22N4O/c1-11(2)19-14(17-10-18-19)9-20-15-12(3)5-4-6-13(15)7-8-16/h4-6,10-11H,7-9,16H2,1-3H3. The van der Waals surface area contributed by atoms with E-state index < -0.39 is 0 Å². The zero-order valence-corrected chi connectivity index (χ0v) is 12.3. The Morgan fingerprint density at radius 3 is 2.85 bits per heavy atom. The summed E-state index contributed by atoms with van der Waals surface area (Å²) < 4.78 is 7.85. The van der Waals surface area contributed by atoms with Gasteiger partial charge in [0.15, 0.2) is 5.82 Å². The number of benzene rings is 1. The van der Waals surface area contributed by atoms with Crippen molar-refractivity contribution in [3.63, 3.8) is 0 Å². The molecule has 0 aliphatic rings. The third-order valence-corrected chi connectivity index (χ3v) is 3.19. The van der Waals surface area contributed by atoms with Gasteiger partial charge in [0, 0.05) is 6.04 Å². The first-order chi connectivity index (χ1) is 9.63. The zero-order valence-electron chi connectivity index (χ0n) is 12.3. The number of para-hydroxylation sites is 1. The minimum absolute atomic E-state index is 0.275. The Hall–Kier alpha value is -1.88. The second kappa shape index (κ2) is 6.52. The van der Waals surface area contributed by atoms with Crippen LogP contribution < -0.4 is 10.5 Å². The summed E-state index contributed by atoms with van der Waals surface area (Å²) in [5.41, 5.74) is 7.91. The van der Waals surface area contributed by atoms with Crippen LogP contribution in [0.25, 0.3) is 0 Å². The summed E-state index contributed by atoms with van der Waals surface area (Å²) in [5.74, 6) is 1.75. The van der Waals surface area contributed by atoms with Crippen LogP contribution >= 0.6 is 0 Å². The molecule has 1 heterocycles. The highest BCUT2D eigenvalue weighted by molar-refractivity contribution is 5.41. The van der Waals surface area contributed by atoms with Gasteiger partial charge in [-0.15, -0.1) is 0 Å². The van der Waals surface area contributed by atoms with E-state index in [0.29, 0.717) is 13.2 Å². The Kier molecular flexibility index (Phi) is 4.74. The van der Waals surface area contributed by atoms with Crippen molar-refractivity contribution >= 4 is 0 Å². The van der Waals surface area contributed by atoms with Gasteiger partial charge in [-0.1, -0.05) is 18.2 Å². The van der Waals surface area contributed by atoms with Crippen molar-refractivity contribution in [3.05, 3.63) is 41.5 Å². The molecule has 1 aromatic heterocycles. The molecule has 0 fully saturated rings. The first-order valence-electron chi connectivity index (χ1n) is 6.93. The Labute approximate surface area is 119 Å². The number of nitrogens with two attached hydrogens (primary N) is 1. The van der Waals surface area contributed by atoms with Gasteiger partial charge in [-0.25, -0.2) is 9.67 Å². The molecular weight excluding hydrogens is 252 g/mol. The fourth-order valence-corrected chi connectivity index (χ4v) is 2.22. The molecule has 2 rings (SSSR count). The highest BCUT2D eigenvalue weighted by Crippen LogP contribution is 2.24. The van der Waals surface area contributed by atoms with E-state index in [1.807, 2.05) is 23.7 Å². The highest BCUT2D eigenvalue weighted by Gasteiger charge is 2.11. The average molecular weight is 274 g/mol. The molecule has 2 aromatic rings. The molecule has 0 aliphatic heterocycles. The van der Waals surface area contributed by atoms with E-state index in [-0.39, 0.29) is 6.04 Å². The molecule has 2 N–H and O–H groups in total. The van der Waals surface area contributed by atoms with Crippen LogP contribution in [-0.2, 0) is 13.0 Å². The molecule has 0 saturated carbocycles. The molecule has 5 heteroatoms. The summed E-state index contributed by atoms with van der Waals surface area (Å²) in [7, 11) is 0. The number of ether oxygens (including phenoxy) is 1. The Morgan fingerprint density at radius 1 is 1.35 bits per heavy atom. The summed E-state index contributed by atoms with van der Waals surface area (Å²) in [6, 6.07) is 6.41. The predicted molar refractivity (Wildman–Crippen MR) is 78.7 cm³/mol. The van der Waals surface area contributed by atoms with Gasteiger partial charge < -0.3 is 10.5 Å². The second-order valence-corrected chi connectivity index (χ2v) is 5.11. The lowest BCUT2D eigenvalue weighted by Gasteiger charge is -2.15. The lowest BCUT2D eigenvalue weighted by atomic mass is 10.1. The van der Waals surface area contributed by atoms with Gasteiger partial charge in [0.25, 0.3) is 0 Å². The molecule has 0 aliphatic carbocycles. The number of aryl methyl sites for hydroxylation is 1. The van der Waals surface area contributed by atoms with Crippen molar-refractivity contribution in [2.24, 2.45) is 5.73 Å². The van der Waals surface area contributed by atoms with Crippen LogP contribution in [0.2, 0.25) is 0 Å². The Bertz CT molecular complexity index is 563. The fraction of sp³-hybridized carbons (Fsp3) is 0.467. The number of hydrogen-bond donors (Lipinski definition) is 1. The molecule has 0 unspecified atom stereocenters. The SMILES string of the molecule is Cc1cccc(CCN)c1OCc1ncnn1C(C)C. The van der Waals surface area contributed by atoms with Crippen LogP contribution in [0, 0.1) is 6.92 Å². The summed E-state index contributed by atoms with van der Waals surface area (Å²) in [6.07, 6.45) is 2.38. The molecule has 0 atom stereocenters. The zero-order chi connectivity index (χ0) is 14.5. The number of nitrogens with zero attached hydrogens (tertiary/aromatic N) is 3. The average Bonchev–Trinajstić information content (AvgIpc) is 2.87. The highest BCUT2D eigenvalue weighted by atomic mass is 16.5. The van der Waals surface area contributed by atoms with Gasteiger partial charge in [-0.3, -0.25) is 0 Å². The predicted octanol–water partition coefficient (Wildman–Crippen LogP) is 2.25. The molecule has 20 heavy (non-hydrogen) atoms. The van der Waals surface area contributed by atoms with E-state index in [2.05, 4.69) is 30.0 Å². The number of hydrogen-bond acceptors (Lipinski definition) is 4. The number of rotatable bonds is 6. The topological polar surface area (TPSA) is 66.0 Å². The smallest absolute Gasteiger partial charge is 0.165 e. The van der Waals surface area contributed by atoms with Crippen molar-refractivity contribution in [2.75, 3.05) is 6.54 Å². The molecule has 5 nitrogen and oxygen atoms in total. The second-order valence-electron chi connectivity index (χ2n) is 5.11. The van der Waals surface area contributed by atoms with Crippen molar-refractivity contribution in [1.29, 1.82) is 0 Å². The molecule has 0 bridgehead atoms. The van der Waals surface area contributed by atoms with Gasteiger partial charge in [0.2, 0.25) is 0 Å². The van der Waals surface area contributed by atoms with Gasteiger partial charge >= 0.3 is 0 Å². The van der Waals surface area contributed by atoms with Gasteiger partial charge in [-0.2, -0.15) is 5.10 Å². The first-order valence-corrected chi connectivity index (χ1v) is 6.93. The quantitative estimate of drug-likeness (QED) is 0.877. The first kappa shape index (κ1) is 14.5. The minimum atomic E-state index is 0.275. The van der Waals surface area contributed by atoms with Crippen LogP contribution in [0.4, 0.5) is 0 Å². The van der Waals surface area contributed by atoms with E-state index >= 15 is 0 Å². The van der Waals surface area contributed by atoms with E-state index in [4.69, 9.17) is 10.5 Å². The summed E-state index contributed by atoms with van der Waals surface area (Å²) in [4.78, 5) is 4.26. The van der Waals surface area contributed by atoms with Crippen LogP contribution in [0.5, 0.6) is 5.75 Å². The van der Waals surface area contributed by atoms with Crippen molar-refractivity contribution in [2.45, 2.75) is 39.8 Å². The van der Waals surface area contributed by atoms with E-state index in [0.717, 1.165) is 29.1 Å². The maximum absolute atomic E-state index is 5.98. The van der Waals surface area contributed by atoms with Gasteiger partial charge in [0.1, 0.15) is 18.7 Å². The minimum Gasteiger partial charge on any atom is -0.485 e. The summed E-state index contributed by atoms with van der Waals surface area (Å²) in [5, 5.41) is 4.21. The molecule has 0 spiro atoms. The third kappa shape index (κ3) is 3.17. The molecule has 0 radical (unpaired) electrons. The third-order valence-electron chi connectivity index (χ3n) is 3.19. The Morgan fingerprint density at radius 2 is 2.15 bits per heavy atom. The maximum Gasteiger partial charge on any atom is 0.165 e. The molecule has 0 amide bonds. The molecule has 1 aromatic carbocycles. The fourth-order valence-electron chi connectivity index (χ4n) is 2.22. The van der Waals surface area contributed by atoms with Crippen molar-refractivity contribution in [3.8, 4) is 5.75 Å². The molecule has 0 saturated heterocycles. The lowest BCUT2D eigenvalue weighted by molar-refractivity contribution is 0.278. The van der Waals surface area contributed by atoms with Crippen LogP contribution in [-0.4, -0.2) is 21.3 Å². The summed E-state index contributed by atoms with van der Waals surface area (Å²) in [6.45, 7) is 7.22.